The number of nitriles is 1. The van der Waals surface area contributed by atoms with Crippen molar-refractivity contribution in [2.24, 2.45) is 11.7 Å². The maximum atomic E-state index is 15.3. The van der Waals surface area contributed by atoms with Gasteiger partial charge in [-0.2, -0.15) is 5.26 Å². The molecule has 0 radical (unpaired) electrons. The van der Waals surface area contributed by atoms with E-state index in [1.165, 1.54) is 11.0 Å². The van der Waals surface area contributed by atoms with Gasteiger partial charge in [0.2, 0.25) is 11.8 Å². The second-order valence-corrected chi connectivity index (χ2v) is 11.7. The fourth-order valence-electron chi connectivity index (χ4n) is 6.49. The monoisotopic (exact) mass is 611 g/mol. The molecule has 6 rings (SSSR count). The number of nitrogens with one attached hydrogen (secondary N) is 1. The third-order valence-corrected chi connectivity index (χ3v) is 9.10. The van der Waals surface area contributed by atoms with E-state index < -0.39 is 17.8 Å². The largest absolute Gasteiger partial charge is 0.495 e. The second kappa shape index (κ2) is 12.6. The molecule has 3 aliphatic heterocycles. The zero-order valence-electron chi connectivity index (χ0n) is 24.9. The van der Waals surface area contributed by atoms with Crippen molar-refractivity contribution in [2.45, 2.75) is 50.9 Å². The first-order valence-corrected chi connectivity index (χ1v) is 15.0. The van der Waals surface area contributed by atoms with Gasteiger partial charge in [0.25, 0.3) is 5.91 Å². The van der Waals surface area contributed by atoms with Gasteiger partial charge in [0.05, 0.1) is 19.2 Å². The van der Waals surface area contributed by atoms with E-state index in [0.29, 0.717) is 33.8 Å². The molecule has 45 heavy (non-hydrogen) atoms. The van der Waals surface area contributed by atoms with Crippen LogP contribution in [0.25, 0.3) is 0 Å². The Kier molecular flexibility index (Phi) is 8.41. The highest BCUT2D eigenvalue weighted by Gasteiger charge is 2.40. The van der Waals surface area contributed by atoms with Gasteiger partial charge in [0, 0.05) is 54.0 Å². The Hall–Kier alpha value is -4.95. The molecule has 2 atom stereocenters. The zero-order chi connectivity index (χ0) is 31.7. The van der Waals surface area contributed by atoms with Crippen LogP contribution < -0.4 is 25.4 Å². The zero-order valence-corrected chi connectivity index (χ0v) is 24.9. The first-order chi connectivity index (χ1) is 21.8. The number of nitrogens with zero attached hydrogens (tertiary/aromatic N) is 3. The van der Waals surface area contributed by atoms with Crippen molar-refractivity contribution in [2.75, 3.05) is 25.1 Å². The number of benzene rings is 3. The van der Waals surface area contributed by atoms with Crippen LogP contribution in [0.5, 0.6) is 11.5 Å². The van der Waals surface area contributed by atoms with E-state index in [0.717, 1.165) is 37.2 Å². The third-order valence-electron chi connectivity index (χ3n) is 9.10. The summed E-state index contributed by atoms with van der Waals surface area (Å²) in [5, 5.41) is 11.6. The van der Waals surface area contributed by atoms with Gasteiger partial charge >= 0.3 is 0 Å². The topological polar surface area (TPSA) is 138 Å². The first kappa shape index (κ1) is 30.1. The standard InChI is InChI=1S/C34H34FN5O5/c1-44-30-16-24(8-7-22(30)17-36)39-13-11-20(12-14-39)32(37)21-5-6-23(27(35)15-21)19-45-29-4-2-3-25-26(29)18-40(34(25)43)28-9-10-31(41)38-33(28)42/h2-8,15-16,20,28,32H,9-14,18-19,37H2,1H3,(H,38,41,42)/t28-,32?/m0/s1. The van der Waals surface area contributed by atoms with Gasteiger partial charge in [-0.05, 0) is 61.1 Å². The Balaban J connectivity index is 1.07. The number of rotatable bonds is 8. The van der Waals surface area contributed by atoms with Gasteiger partial charge < -0.3 is 25.0 Å². The SMILES string of the molecule is COc1cc(N2CCC(C(N)c3ccc(COc4cccc5c4CN([C@H]4CCC(=O)NC4=O)C5=O)c(F)c3)CC2)ccc1C#N. The lowest BCUT2D eigenvalue weighted by Gasteiger charge is -2.36. The molecule has 11 heteroatoms. The molecule has 3 amide bonds. The van der Waals surface area contributed by atoms with Gasteiger partial charge in [0.1, 0.15) is 36.0 Å². The Morgan fingerprint density at radius 1 is 1.07 bits per heavy atom. The number of hydrogen-bond donors (Lipinski definition) is 2. The molecular formula is C34H34FN5O5. The summed E-state index contributed by atoms with van der Waals surface area (Å²) in [6.07, 6.45) is 2.12. The molecule has 2 fully saturated rings. The van der Waals surface area contributed by atoms with Crippen LogP contribution in [0, 0.1) is 23.1 Å². The minimum atomic E-state index is -0.726. The molecule has 232 valence electrons. The van der Waals surface area contributed by atoms with E-state index in [2.05, 4.69) is 16.3 Å². The number of nitrogens with two attached hydrogens (primary N) is 1. The summed E-state index contributed by atoms with van der Waals surface area (Å²) >= 11 is 0. The molecule has 1 unspecified atom stereocenters. The number of halogens is 1. The van der Waals surface area contributed by atoms with Crippen LogP contribution in [-0.2, 0) is 22.7 Å². The lowest BCUT2D eigenvalue weighted by atomic mass is 9.85. The van der Waals surface area contributed by atoms with Crippen molar-refractivity contribution in [1.82, 2.24) is 10.2 Å². The predicted octanol–water partition coefficient (Wildman–Crippen LogP) is 3.96. The lowest BCUT2D eigenvalue weighted by molar-refractivity contribution is -0.136. The number of imide groups is 1. The molecule has 0 spiro atoms. The van der Waals surface area contributed by atoms with Crippen molar-refractivity contribution >= 4 is 23.4 Å². The Bertz CT molecular complexity index is 1700. The maximum Gasteiger partial charge on any atom is 0.255 e. The number of hydrogen-bond acceptors (Lipinski definition) is 8. The molecule has 0 saturated carbocycles. The molecule has 10 nitrogen and oxygen atoms in total. The molecule has 3 aliphatic rings. The Morgan fingerprint density at radius 2 is 1.87 bits per heavy atom. The smallest absolute Gasteiger partial charge is 0.255 e. The lowest BCUT2D eigenvalue weighted by Crippen LogP contribution is -2.52. The number of ether oxygens (including phenoxy) is 2. The third kappa shape index (κ3) is 5.93. The van der Waals surface area contributed by atoms with Crippen LogP contribution in [0.15, 0.2) is 54.6 Å². The summed E-state index contributed by atoms with van der Waals surface area (Å²) < 4.78 is 26.7. The number of carbonyl (C=O) groups excluding carboxylic acids is 3. The van der Waals surface area contributed by atoms with Gasteiger partial charge in [-0.1, -0.05) is 18.2 Å². The average molecular weight is 612 g/mol. The average Bonchev–Trinajstić information content (AvgIpc) is 3.39. The van der Waals surface area contributed by atoms with Crippen LogP contribution in [0.1, 0.15) is 64.3 Å². The van der Waals surface area contributed by atoms with Crippen LogP contribution in [0.2, 0.25) is 0 Å². The molecule has 3 N–H and O–H groups in total. The number of fused-ring (bicyclic) bond motifs is 1. The molecule has 0 bridgehead atoms. The summed E-state index contributed by atoms with van der Waals surface area (Å²) in [7, 11) is 1.55. The molecule has 0 aliphatic carbocycles. The molecule has 2 saturated heterocycles. The highest BCUT2D eigenvalue weighted by atomic mass is 19.1. The first-order valence-electron chi connectivity index (χ1n) is 15.0. The fraction of sp³-hybridized carbons (Fsp3) is 0.353. The van der Waals surface area contributed by atoms with Gasteiger partial charge in [-0.25, -0.2) is 4.39 Å². The van der Waals surface area contributed by atoms with Crippen LogP contribution in [0.4, 0.5) is 10.1 Å². The van der Waals surface area contributed by atoms with Gasteiger partial charge in [-0.3, -0.25) is 19.7 Å². The van der Waals surface area contributed by atoms with Crippen molar-refractivity contribution in [3.63, 3.8) is 0 Å². The summed E-state index contributed by atoms with van der Waals surface area (Å²) in [6, 6.07) is 16.8. The number of piperidine rings is 2. The molecular weight excluding hydrogens is 577 g/mol. The minimum absolute atomic E-state index is 0.0448. The van der Waals surface area contributed by atoms with Crippen molar-refractivity contribution in [1.29, 1.82) is 5.26 Å². The number of amides is 3. The van der Waals surface area contributed by atoms with Crippen molar-refractivity contribution in [3.8, 4) is 17.6 Å². The van der Waals surface area contributed by atoms with E-state index >= 15 is 4.39 Å². The van der Waals surface area contributed by atoms with Crippen molar-refractivity contribution < 1.29 is 28.2 Å². The van der Waals surface area contributed by atoms with E-state index in [1.54, 1.807) is 37.4 Å². The van der Waals surface area contributed by atoms with Crippen LogP contribution in [0.3, 0.4) is 0 Å². The summed E-state index contributed by atoms with van der Waals surface area (Å²) in [6.45, 7) is 1.70. The van der Waals surface area contributed by atoms with E-state index in [9.17, 15) is 19.6 Å². The molecule has 3 aromatic rings. The summed E-state index contributed by atoms with van der Waals surface area (Å²) in [5.41, 5.74) is 10.3. The van der Waals surface area contributed by atoms with Gasteiger partial charge in [-0.15, -0.1) is 0 Å². The quantitative estimate of drug-likeness (QED) is 0.365. The normalized spacial score (nSPS) is 19.2. The number of methoxy groups -OCH3 is 1. The Labute approximate surface area is 260 Å². The van der Waals surface area contributed by atoms with Crippen molar-refractivity contribution in [3.05, 3.63) is 88.2 Å². The molecule has 3 aromatic carbocycles. The summed E-state index contributed by atoms with van der Waals surface area (Å²) in [5.74, 6) is -0.358. The highest BCUT2D eigenvalue weighted by Crippen LogP contribution is 2.36. The van der Waals surface area contributed by atoms with E-state index in [-0.39, 0.29) is 49.8 Å². The van der Waals surface area contributed by atoms with Gasteiger partial charge in [0.15, 0.2) is 0 Å². The van der Waals surface area contributed by atoms with Crippen LogP contribution >= 0.6 is 0 Å². The molecule has 3 heterocycles. The second-order valence-electron chi connectivity index (χ2n) is 11.7. The number of carbonyl (C=O) groups is 3. The van der Waals surface area contributed by atoms with E-state index in [1.807, 2.05) is 18.2 Å². The Morgan fingerprint density at radius 3 is 2.58 bits per heavy atom. The maximum absolute atomic E-state index is 15.3. The van der Waals surface area contributed by atoms with E-state index in [4.69, 9.17) is 15.2 Å². The minimum Gasteiger partial charge on any atom is -0.495 e. The highest BCUT2D eigenvalue weighted by molar-refractivity contribution is 6.05. The fourth-order valence-corrected chi connectivity index (χ4v) is 6.49. The van der Waals surface area contributed by atoms with Crippen LogP contribution in [-0.4, -0.2) is 48.9 Å². The molecule has 0 aromatic heterocycles. The number of anilines is 1. The summed E-state index contributed by atoms with van der Waals surface area (Å²) in [4.78, 5) is 40.7. The predicted molar refractivity (Wildman–Crippen MR) is 163 cm³/mol.